The van der Waals surface area contributed by atoms with Crippen LogP contribution in [0.3, 0.4) is 0 Å². The number of benzene rings is 1. The lowest BCUT2D eigenvalue weighted by atomic mass is 10.2. The van der Waals surface area contributed by atoms with Gasteiger partial charge in [0.25, 0.3) is 5.91 Å². The molecule has 3 rings (SSSR count). The van der Waals surface area contributed by atoms with E-state index in [0.29, 0.717) is 30.1 Å². The van der Waals surface area contributed by atoms with E-state index in [9.17, 15) is 9.59 Å². The van der Waals surface area contributed by atoms with Gasteiger partial charge in [0.15, 0.2) is 0 Å². The third-order valence-electron chi connectivity index (χ3n) is 4.86. The Bertz CT molecular complexity index is 598. The van der Waals surface area contributed by atoms with Gasteiger partial charge in [-0.3, -0.25) is 14.5 Å². The number of carbonyl (C=O) groups is 2. The van der Waals surface area contributed by atoms with Crippen LogP contribution in [0.2, 0.25) is 5.02 Å². The second-order valence-corrected chi connectivity index (χ2v) is 6.96. The standard InChI is InChI=1S/C18H25ClN4O2.ClH/c19-16-3-1-15(2-4-16)18(25)23-13-11-21(12-14-23)8-5-17(24)22-9-6-20-7-10-22;/h1-4,20H,5-14H2;1H. The van der Waals surface area contributed by atoms with Gasteiger partial charge in [0.2, 0.25) is 5.91 Å². The van der Waals surface area contributed by atoms with Crippen molar-refractivity contribution >= 4 is 35.8 Å². The maximum absolute atomic E-state index is 12.5. The minimum atomic E-state index is 0. The van der Waals surface area contributed by atoms with Crippen LogP contribution in [-0.4, -0.2) is 85.4 Å². The van der Waals surface area contributed by atoms with Crippen molar-refractivity contribution in [1.29, 1.82) is 0 Å². The summed E-state index contributed by atoms with van der Waals surface area (Å²) in [6.45, 7) is 7.18. The van der Waals surface area contributed by atoms with E-state index in [1.54, 1.807) is 24.3 Å². The number of nitrogens with one attached hydrogen (secondary N) is 1. The minimum absolute atomic E-state index is 0. The fourth-order valence-corrected chi connectivity index (χ4v) is 3.40. The maximum atomic E-state index is 12.5. The van der Waals surface area contributed by atoms with E-state index in [2.05, 4.69) is 10.2 Å². The van der Waals surface area contributed by atoms with Crippen molar-refractivity contribution in [2.75, 3.05) is 58.9 Å². The topological polar surface area (TPSA) is 55.9 Å². The first-order chi connectivity index (χ1) is 12.1. The first-order valence-corrected chi connectivity index (χ1v) is 9.27. The van der Waals surface area contributed by atoms with Gasteiger partial charge >= 0.3 is 0 Å². The molecule has 26 heavy (non-hydrogen) atoms. The Hall–Kier alpha value is -1.34. The van der Waals surface area contributed by atoms with Gasteiger partial charge in [-0.1, -0.05) is 11.6 Å². The molecule has 0 radical (unpaired) electrons. The SMILES string of the molecule is Cl.O=C(CCN1CCN(C(=O)c2ccc(Cl)cc2)CC1)N1CCNCC1. The molecular weight excluding hydrogens is 375 g/mol. The first-order valence-electron chi connectivity index (χ1n) is 8.89. The van der Waals surface area contributed by atoms with Gasteiger partial charge < -0.3 is 15.1 Å². The molecule has 1 aromatic rings. The molecular formula is C18H26Cl2N4O2. The third-order valence-corrected chi connectivity index (χ3v) is 5.11. The highest BCUT2D eigenvalue weighted by molar-refractivity contribution is 6.30. The Labute approximate surface area is 165 Å². The van der Waals surface area contributed by atoms with Gasteiger partial charge in [0.1, 0.15) is 0 Å². The molecule has 0 bridgehead atoms. The zero-order chi connectivity index (χ0) is 17.6. The van der Waals surface area contributed by atoms with E-state index in [1.807, 2.05) is 9.80 Å². The molecule has 0 aromatic heterocycles. The van der Waals surface area contributed by atoms with Crippen LogP contribution < -0.4 is 5.32 Å². The number of nitrogens with zero attached hydrogens (tertiary/aromatic N) is 3. The molecule has 2 saturated heterocycles. The number of piperazine rings is 2. The molecule has 1 N–H and O–H groups in total. The Morgan fingerprint density at radius 3 is 2.15 bits per heavy atom. The zero-order valence-electron chi connectivity index (χ0n) is 14.8. The Balaban J connectivity index is 0.00000243. The summed E-state index contributed by atoms with van der Waals surface area (Å²) in [6, 6.07) is 7.02. The molecule has 1 aromatic carbocycles. The van der Waals surface area contributed by atoms with E-state index >= 15 is 0 Å². The number of carbonyl (C=O) groups excluding carboxylic acids is 2. The highest BCUT2D eigenvalue weighted by Gasteiger charge is 2.23. The van der Waals surface area contributed by atoms with Crippen molar-refractivity contribution in [2.45, 2.75) is 6.42 Å². The monoisotopic (exact) mass is 400 g/mol. The van der Waals surface area contributed by atoms with E-state index in [0.717, 1.165) is 45.8 Å². The smallest absolute Gasteiger partial charge is 0.253 e. The van der Waals surface area contributed by atoms with Crippen LogP contribution in [0, 0.1) is 0 Å². The van der Waals surface area contributed by atoms with E-state index in [1.165, 1.54) is 0 Å². The highest BCUT2D eigenvalue weighted by atomic mass is 35.5. The van der Waals surface area contributed by atoms with Crippen molar-refractivity contribution in [3.8, 4) is 0 Å². The van der Waals surface area contributed by atoms with E-state index in [4.69, 9.17) is 11.6 Å². The van der Waals surface area contributed by atoms with E-state index in [-0.39, 0.29) is 24.2 Å². The minimum Gasteiger partial charge on any atom is -0.340 e. The molecule has 0 saturated carbocycles. The van der Waals surface area contributed by atoms with Crippen molar-refractivity contribution in [3.63, 3.8) is 0 Å². The molecule has 2 heterocycles. The third kappa shape index (κ3) is 5.58. The molecule has 2 fully saturated rings. The van der Waals surface area contributed by atoms with Crippen molar-refractivity contribution in [1.82, 2.24) is 20.0 Å². The van der Waals surface area contributed by atoms with Crippen LogP contribution in [0.15, 0.2) is 24.3 Å². The largest absolute Gasteiger partial charge is 0.340 e. The maximum Gasteiger partial charge on any atom is 0.253 e. The summed E-state index contributed by atoms with van der Waals surface area (Å²) in [7, 11) is 0. The van der Waals surface area contributed by atoms with Gasteiger partial charge in [-0.2, -0.15) is 0 Å². The van der Waals surface area contributed by atoms with Crippen molar-refractivity contribution in [2.24, 2.45) is 0 Å². The van der Waals surface area contributed by atoms with Gasteiger partial charge in [-0.25, -0.2) is 0 Å². The quantitative estimate of drug-likeness (QED) is 0.828. The lowest BCUT2D eigenvalue weighted by Crippen LogP contribution is -2.50. The van der Waals surface area contributed by atoms with E-state index < -0.39 is 0 Å². The summed E-state index contributed by atoms with van der Waals surface area (Å²) in [4.78, 5) is 30.8. The molecule has 0 aliphatic carbocycles. The summed E-state index contributed by atoms with van der Waals surface area (Å²) in [5, 5.41) is 3.89. The number of rotatable bonds is 4. The fourth-order valence-electron chi connectivity index (χ4n) is 3.28. The normalized spacial score (nSPS) is 18.3. The molecule has 144 valence electrons. The number of hydrogen-bond donors (Lipinski definition) is 1. The van der Waals surface area contributed by atoms with Crippen LogP contribution in [0.1, 0.15) is 16.8 Å². The predicted octanol–water partition coefficient (Wildman–Crippen LogP) is 1.34. The lowest BCUT2D eigenvalue weighted by Gasteiger charge is -2.35. The van der Waals surface area contributed by atoms with Crippen LogP contribution in [-0.2, 0) is 4.79 Å². The predicted molar refractivity (Wildman–Crippen MR) is 105 cm³/mol. The van der Waals surface area contributed by atoms with Gasteiger partial charge in [0, 0.05) is 75.9 Å². The number of halogens is 2. The molecule has 0 atom stereocenters. The second-order valence-electron chi connectivity index (χ2n) is 6.52. The summed E-state index contributed by atoms with van der Waals surface area (Å²) in [5.41, 5.74) is 0.673. The van der Waals surface area contributed by atoms with Crippen LogP contribution in [0.4, 0.5) is 0 Å². The Kier molecular flexibility index (Phi) is 8.15. The van der Waals surface area contributed by atoms with Crippen LogP contribution in [0.25, 0.3) is 0 Å². The molecule has 2 aliphatic heterocycles. The zero-order valence-corrected chi connectivity index (χ0v) is 16.4. The van der Waals surface area contributed by atoms with Crippen molar-refractivity contribution in [3.05, 3.63) is 34.9 Å². The van der Waals surface area contributed by atoms with Gasteiger partial charge in [-0.15, -0.1) is 12.4 Å². The molecule has 8 heteroatoms. The Morgan fingerprint density at radius 1 is 0.923 bits per heavy atom. The van der Waals surface area contributed by atoms with Gasteiger partial charge in [0.05, 0.1) is 0 Å². The lowest BCUT2D eigenvalue weighted by molar-refractivity contribution is -0.132. The average molecular weight is 401 g/mol. The molecule has 2 aliphatic rings. The second kappa shape index (κ2) is 10.1. The average Bonchev–Trinajstić information content (AvgIpc) is 2.67. The molecule has 0 spiro atoms. The number of amides is 2. The highest BCUT2D eigenvalue weighted by Crippen LogP contribution is 2.13. The number of hydrogen-bond acceptors (Lipinski definition) is 4. The fraction of sp³-hybridized carbons (Fsp3) is 0.556. The first kappa shape index (κ1) is 21.0. The van der Waals surface area contributed by atoms with Gasteiger partial charge in [-0.05, 0) is 24.3 Å². The van der Waals surface area contributed by atoms with Crippen LogP contribution >= 0.6 is 24.0 Å². The Morgan fingerprint density at radius 2 is 1.54 bits per heavy atom. The van der Waals surface area contributed by atoms with Crippen LogP contribution in [0.5, 0.6) is 0 Å². The molecule has 0 unspecified atom stereocenters. The van der Waals surface area contributed by atoms with Crippen molar-refractivity contribution < 1.29 is 9.59 Å². The molecule has 2 amide bonds. The molecule has 6 nitrogen and oxygen atoms in total. The summed E-state index contributed by atoms with van der Waals surface area (Å²) in [5.74, 6) is 0.286. The summed E-state index contributed by atoms with van der Waals surface area (Å²) >= 11 is 5.87. The summed E-state index contributed by atoms with van der Waals surface area (Å²) in [6.07, 6.45) is 0.561. The summed E-state index contributed by atoms with van der Waals surface area (Å²) < 4.78 is 0.